The van der Waals surface area contributed by atoms with E-state index in [2.05, 4.69) is 5.32 Å². The van der Waals surface area contributed by atoms with Crippen LogP contribution in [0.3, 0.4) is 0 Å². The number of rotatable bonds is 7. The Morgan fingerprint density at radius 1 is 1.17 bits per heavy atom. The number of ether oxygens (including phenoxy) is 1. The van der Waals surface area contributed by atoms with Crippen molar-refractivity contribution in [1.29, 1.82) is 0 Å². The van der Waals surface area contributed by atoms with Gasteiger partial charge in [0.15, 0.2) is 0 Å². The number of nitrogens with one attached hydrogen (secondary N) is 1. The number of hydrogen-bond acceptors (Lipinski definition) is 3. The quantitative estimate of drug-likeness (QED) is 0.835. The summed E-state index contributed by atoms with van der Waals surface area (Å²) in [6.45, 7) is 2.60. The second-order valence-corrected chi connectivity index (χ2v) is 6.38. The van der Waals surface area contributed by atoms with Crippen LogP contribution in [0.15, 0.2) is 24.3 Å². The third kappa shape index (κ3) is 5.55. The second kappa shape index (κ2) is 9.30. The van der Waals surface area contributed by atoms with Crippen LogP contribution >= 0.6 is 0 Å². The molecule has 0 unspecified atom stereocenters. The van der Waals surface area contributed by atoms with E-state index in [9.17, 15) is 9.59 Å². The summed E-state index contributed by atoms with van der Waals surface area (Å²) in [5.41, 5.74) is 1.03. The van der Waals surface area contributed by atoms with Gasteiger partial charge in [-0.2, -0.15) is 0 Å². The summed E-state index contributed by atoms with van der Waals surface area (Å²) in [7, 11) is 1.63. The Hall–Kier alpha value is -2.04. The van der Waals surface area contributed by atoms with Crippen molar-refractivity contribution in [1.82, 2.24) is 10.2 Å². The van der Waals surface area contributed by atoms with E-state index < -0.39 is 0 Å². The fourth-order valence-electron chi connectivity index (χ4n) is 3.24. The van der Waals surface area contributed by atoms with Gasteiger partial charge in [0.05, 0.1) is 7.11 Å². The topological polar surface area (TPSA) is 58.6 Å². The number of carbonyl (C=O) groups is 2. The highest BCUT2D eigenvalue weighted by Crippen LogP contribution is 2.22. The summed E-state index contributed by atoms with van der Waals surface area (Å²) in [5.74, 6) is 0.854. The van der Waals surface area contributed by atoms with Crippen molar-refractivity contribution in [3.8, 4) is 5.75 Å². The molecule has 24 heavy (non-hydrogen) atoms. The highest BCUT2D eigenvalue weighted by molar-refractivity contribution is 5.78. The van der Waals surface area contributed by atoms with Crippen LogP contribution in [0, 0.1) is 0 Å². The van der Waals surface area contributed by atoms with Gasteiger partial charge in [0.1, 0.15) is 5.75 Å². The molecule has 132 valence electrons. The monoisotopic (exact) mass is 332 g/mol. The van der Waals surface area contributed by atoms with Crippen molar-refractivity contribution in [2.75, 3.05) is 13.7 Å². The first-order valence-corrected chi connectivity index (χ1v) is 8.77. The molecule has 1 aliphatic rings. The first-order chi connectivity index (χ1) is 11.6. The van der Waals surface area contributed by atoms with E-state index in [4.69, 9.17) is 4.74 Å². The zero-order valence-electron chi connectivity index (χ0n) is 14.7. The minimum absolute atomic E-state index is 0.0205. The summed E-state index contributed by atoms with van der Waals surface area (Å²) in [5, 5.41) is 2.92. The largest absolute Gasteiger partial charge is 0.497 e. The van der Waals surface area contributed by atoms with Crippen molar-refractivity contribution < 1.29 is 14.3 Å². The molecule has 0 saturated heterocycles. The van der Waals surface area contributed by atoms with E-state index in [0.717, 1.165) is 24.2 Å². The van der Waals surface area contributed by atoms with E-state index in [1.807, 2.05) is 29.2 Å². The number of benzene rings is 1. The maximum atomic E-state index is 12.1. The SMILES string of the molecule is COc1ccc(CNC(=O)CCN(C(C)=O)C2CCCCC2)cc1. The minimum Gasteiger partial charge on any atom is -0.497 e. The fraction of sp³-hybridized carbons (Fsp3) is 0.579. The second-order valence-electron chi connectivity index (χ2n) is 6.38. The van der Waals surface area contributed by atoms with Crippen LogP contribution in [0.4, 0.5) is 0 Å². The van der Waals surface area contributed by atoms with Crippen molar-refractivity contribution in [2.45, 2.75) is 58.0 Å². The molecule has 1 aromatic carbocycles. The highest BCUT2D eigenvalue weighted by atomic mass is 16.5. The van der Waals surface area contributed by atoms with Gasteiger partial charge in [0, 0.05) is 32.5 Å². The Morgan fingerprint density at radius 3 is 2.42 bits per heavy atom. The summed E-state index contributed by atoms with van der Waals surface area (Å²) in [6, 6.07) is 7.93. The maximum Gasteiger partial charge on any atom is 0.222 e. The fourth-order valence-corrected chi connectivity index (χ4v) is 3.24. The van der Waals surface area contributed by atoms with Crippen LogP contribution in [-0.4, -0.2) is 36.4 Å². The van der Waals surface area contributed by atoms with Gasteiger partial charge in [-0.25, -0.2) is 0 Å². The normalized spacial score (nSPS) is 14.9. The first-order valence-electron chi connectivity index (χ1n) is 8.77. The zero-order valence-corrected chi connectivity index (χ0v) is 14.7. The van der Waals surface area contributed by atoms with Gasteiger partial charge in [-0.3, -0.25) is 9.59 Å². The molecule has 2 amide bonds. The molecule has 0 bridgehead atoms. The molecule has 0 spiro atoms. The average molecular weight is 332 g/mol. The number of methoxy groups -OCH3 is 1. The summed E-state index contributed by atoms with van der Waals surface area (Å²) >= 11 is 0. The molecule has 1 saturated carbocycles. The minimum atomic E-state index is -0.0205. The Labute approximate surface area is 144 Å². The highest BCUT2D eigenvalue weighted by Gasteiger charge is 2.23. The van der Waals surface area contributed by atoms with Gasteiger partial charge in [-0.05, 0) is 30.5 Å². The molecule has 2 rings (SSSR count). The lowest BCUT2D eigenvalue weighted by Crippen LogP contribution is -2.42. The lowest BCUT2D eigenvalue weighted by atomic mass is 9.94. The van der Waals surface area contributed by atoms with Gasteiger partial charge < -0.3 is 15.0 Å². The van der Waals surface area contributed by atoms with Crippen LogP contribution in [-0.2, 0) is 16.1 Å². The molecule has 5 heteroatoms. The first kappa shape index (κ1) is 18.3. The third-order valence-corrected chi connectivity index (χ3v) is 4.65. The Kier molecular flexibility index (Phi) is 7.09. The molecule has 1 aromatic rings. The number of amides is 2. The Balaban J connectivity index is 1.76. The van der Waals surface area contributed by atoms with Crippen LogP contribution in [0.25, 0.3) is 0 Å². The van der Waals surface area contributed by atoms with E-state index >= 15 is 0 Å². The summed E-state index contributed by atoms with van der Waals surface area (Å²) in [6.07, 6.45) is 6.09. The number of carbonyl (C=O) groups excluding carboxylic acids is 2. The van der Waals surface area contributed by atoms with E-state index in [1.165, 1.54) is 19.3 Å². The number of hydrogen-bond donors (Lipinski definition) is 1. The molecular weight excluding hydrogens is 304 g/mol. The molecule has 0 aromatic heterocycles. The molecule has 0 aliphatic heterocycles. The van der Waals surface area contributed by atoms with Gasteiger partial charge in [0.25, 0.3) is 0 Å². The molecule has 0 atom stereocenters. The lowest BCUT2D eigenvalue weighted by molar-refractivity contribution is -0.132. The van der Waals surface area contributed by atoms with Crippen molar-refractivity contribution in [3.63, 3.8) is 0 Å². The Bertz CT molecular complexity index is 536. The van der Waals surface area contributed by atoms with E-state index in [0.29, 0.717) is 25.6 Å². The summed E-state index contributed by atoms with van der Waals surface area (Å²) in [4.78, 5) is 25.8. The average Bonchev–Trinajstić information content (AvgIpc) is 2.61. The van der Waals surface area contributed by atoms with Crippen molar-refractivity contribution in [3.05, 3.63) is 29.8 Å². The van der Waals surface area contributed by atoms with E-state index in [-0.39, 0.29) is 11.8 Å². The van der Waals surface area contributed by atoms with Crippen LogP contribution in [0.1, 0.15) is 51.0 Å². The standard InChI is InChI=1S/C19H28N2O3/c1-15(22)21(17-6-4-3-5-7-17)13-12-19(23)20-14-16-8-10-18(24-2)11-9-16/h8-11,17H,3-7,12-14H2,1-2H3,(H,20,23). The van der Waals surface area contributed by atoms with Gasteiger partial charge in [-0.1, -0.05) is 31.4 Å². The van der Waals surface area contributed by atoms with Gasteiger partial charge in [-0.15, -0.1) is 0 Å². The smallest absolute Gasteiger partial charge is 0.222 e. The zero-order chi connectivity index (χ0) is 17.4. The van der Waals surface area contributed by atoms with Gasteiger partial charge >= 0.3 is 0 Å². The third-order valence-electron chi connectivity index (χ3n) is 4.65. The lowest BCUT2D eigenvalue weighted by Gasteiger charge is -2.33. The van der Waals surface area contributed by atoms with E-state index in [1.54, 1.807) is 14.0 Å². The Morgan fingerprint density at radius 2 is 1.83 bits per heavy atom. The predicted molar refractivity (Wildman–Crippen MR) is 93.7 cm³/mol. The van der Waals surface area contributed by atoms with Crippen LogP contribution in [0.5, 0.6) is 5.75 Å². The van der Waals surface area contributed by atoms with Gasteiger partial charge in [0.2, 0.25) is 11.8 Å². The van der Waals surface area contributed by atoms with Crippen LogP contribution in [0.2, 0.25) is 0 Å². The molecule has 0 heterocycles. The van der Waals surface area contributed by atoms with Crippen molar-refractivity contribution in [2.24, 2.45) is 0 Å². The molecule has 5 nitrogen and oxygen atoms in total. The number of nitrogens with zero attached hydrogens (tertiary/aromatic N) is 1. The predicted octanol–water partition coefficient (Wildman–Crippen LogP) is 2.88. The summed E-state index contributed by atoms with van der Waals surface area (Å²) < 4.78 is 5.11. The van der Waals surface area contributed by atoms with Crippen molar-refractivity contribution >= 4 is 11.8 Å². The molecule has 1 N–H and O–H groups in total. The van der Waals surface area contributed by atoms with Crippen LogP contribution < -0.4 is 10.1 Å². The molecule has 0 radical (unpaired) electrons. The molecular formula is C19H28N2O3. The molecule has 1 fully saturated rings. The maximum absolute atomic E-state index is 12.1. The molecule has 1 aliphatic carbocycles.